The van der Waals surface area contributed by atoms with E-state index in [4.69, 9.17) is 9.94 Å². The van der Waals surface area contributed by atoms with Gasteiger partial charge in [0, 0.05) is 35.6 Å². The molecule has 8 heteroatoms. The second-order valence-electron chi connectivity index (χ2n) is 8.41. The fraction of sp³-hybridized carbons (Fsp3) is 0.308. The third-order valence-corrected chi connectivity index (χ3v) is 6.15. The van der Waals surface area contributed by atoms with Gasteiger partial charge >= 0.3 is 5.97 Å². The van der Waals surface area contributed by atoms with Gasteiger partial charge in [-0.25, -0.2) is 14.7 Å². The summed E-state index contributed by atoms with van der Waals surface area (Å²) in [5.74, 6) is -1.27. The van der Waals surface area contributed by atoms with Gasteiger partial charge in [0.1, 0.15) is 11.5 Å². The molecule has 34 heavy (non-hydrogen) atoms. The lowest BCUT2D eigenvalue weighted by Crippen LogP contribution is -2.34. The molecule has 1 aromatic heterocycles. The zero-order valence-electron chi connectivity index (χ0n) is 19.0. The number of esters is 1. The van der Waals surface area contributed by atoms with Crippen LogP contribution in [0.2, 0.25) is 0 Å². The zero-order chi connectivity index (χ0) is 24.1. The van der Waals surface area contributed by atoms with Gasteiger partial charge in [-0.3, -0.25) is 14.9 Å². The number of amides is 1. The highest BCUT2D eigenvalue weighted by Crippen LogP contribution is 2.36. The Balaban J connectivity index is 1.54. The Hall–Kier alpha value is -3.49. The van der Waals surface area contributed by atoms with E-state index in [1.165, 1.54) is 17.6 Å². The third-order valence-electron chi connectivity index (χ3n) is 6.15. The van der Waals surface area contributed by atoms with E-state index in [2.05, 4.69) is 9.88 Å². The van der Waals surface area contributed by atoms with Crippen LogP contribution >= 0.6 is 0 Å². The Kier molecular flexibility index (Phi) is 7.40. The molecule has 0 bridgehead atoms. The Morgan fingerprint density at radius 2 is 2.12 bits per heavy atom. The summed E-state index contributed by atoms with van der Waals surface area (Å²) < 4.78 is 20.1. The maximum atomic E-state index is 14.8. The lowest BCUT2D eigenvalue weighted by Gasteiger charge is -2.33. The van der Waals surface area contributed by atoms with Crippen molar-refractivity contribution in [3.8, 4) is 0 Å². The lowest BCUT2D eigenvalue weighted by atomic mass is 9.88. The molecule has 2 heterocycles. The maximum absolute atomic E-state index is 14.8. The molecular formula is C26H28FN3O4. The van der Waals surface area contributed by atoms with Crippen molar-refractivity contribution in [1.82, 2.24) is 15.4 Å². The van der Waals surface area contributed by atoms with Gasteiger partial charge in [-0.2, -0.15) is 0 Å². The van der Waals surface area contributed by atoms with E-state index < -0.39 is 5.91 Å². The van der Waals surface area contributed by atoms with Crippen LogP contribution in [0.3, 0.4) is 0 Å². The number of hydrogen-bond donors (Lipinski definition) is 3. The largest absolute Gasteiger partial charge is 0.461 e. The number of piperidine rings is 1. The number of hydroxylamine groups is 1. The van der Waals surface area contributed by atoms with Crippen LogP contribution in [0.5, 0.6) is 0 Å². The predicted molar refractivity (Wildman–Crippen MR) is 127 cm³/mol. The number of likely N-dealkylation sites (tertiary alicyclic amines) is 1. The van der Waals surface area contributed by atoms with Gasteiger partial charge in [-0.1, -0.05) is 30.3 Å². The van der Waals surface area contributed by atoms with Crippen LogP contribution in [0.15, 0.2) is 48.5 Å². The summed E-state index contributed by atoms with van der Waals surface area (Å²) in [5, 5.41) is 9.58. The van der Waals surface area contributed by atoms with E-state index in [0.29, 0.717) is 36.5 Å². The second kappa shape index (κ2) is 10.6. The number of H-pyrrole nitrogens is 1. The van der Waals surface area contributed by atoms with E-state index in [-0.39, 0.29) is 17.7 Å². The monoisotopic (exact) mass is 465 g/mol. The number of carbonyl (C=O) groups is 2. The van der Waals surface area contributed by atoms with Crippen molar-refractivity contribution in [2.24, 2.45) is 0 Å². The molecule has 0 radical (unpaired) electrons. The van der Waals surface area contributed by atoms with Crippen molar-refractivity contribution < 1.29 is 23.9 Å². The van der Waals surface area contributed by atoms with Gasteiger partial charge in [0.25, 0.3) is 5.91 Å². The minimum Gasteiger partial charge on any atom is -0.461 e. The summed E-state index contributed by atoms with van der Waals surface area (Å²) in [7, 11) is 0. The van der Waals surface area contributed by atoms with Crippen LogP contribution < -0.4 is 5.48 Å². The number of aromatic nitrogens is 1. The molecule has 0 spiro atoms. The number of nitrogens with one attached hydrogen (secondary N) is 2. The second-order valence-corrected chi connectivity index (χ2v) is 8.41. The first-order chi connectivity index (χ1) is 16.5. The number of carbonyl (C=O) groups excluding carboxylic acids is 2. The van der Waals surface area contributed by atoms with Gasteiger partial charge in [0.05, 0.1) is 6.61 Å². The zero-order valence-corrected chi connectivity index (χ0v) is 19.0. The number of aromatic amines is 1. The molecular weight excluding hydrogens is 437 g/mol. The van der Waals surface area contributed by atoms with Crippen LogP contribution in [0.25, 0.3) is 17.0 Å². The van der Waals surface area contributed by atoms with Crippen molar-refractivity contribution in [3.05, 3.63) is 76.7 Å². The van der Waals surface area contributed by atoms with Crippen LogP contribution in [-0.4, -0.2) is 46.7 Å². The van der Waals surface area contributed by atoms with Gasteiger partial charge < -0.3 is 9.72 Å². The van der Waals surface area contributed by atoms with Gasteiger partial charge in [0.15, 0.2) is 0 Å². The minimum absolute atomic E-state index is 0.117. The summed E-state index contributed by atoms with van der Waals surface area (Å²) in [5.41, 5.74) is 4.98. The highest BCUT2D eigenvalue weighted by molar-refractivity contribution is 5.98. The summed E-state index contributed by atoms with van der Waals surface area (Å²) in [4.78, 5) is 29.3. The molecule has 178 valence electrons. The predicted octanol–water partition coefficient (Wildman–Crippen LogP) is 4.38. The van der Waals surface area contributed by atoms with Gasteiger partial charge in [-0.05, 0) is 61.6 Å². The number of rotatable bonds is 7. The highest BCUT2D eigenvalue weighted by atomic mass is 19.1. The van der Waals surface area contributed by atoms with Crippen LogP contribution in [-0.2, 0) is 16.1 Å². The average Bonchev–Trinajstić information content (AvgIpc) is 3.24. The molecule has 1 saturated heterocycles. The van der Waals surface area contributed by atoms with Crippen molar-refractivity contribution >= 4 is 28.9 Å². The molecule has 2 aromatic carbocycles. The quantitative estimate of drug-likeness (QED) is 0.208. The molecule has 1 unspecified atom stereocenters. The molecule has 3 aromatic rings. The Bertz CT molecular complexity index is 1220. The Labute approximate surface area is 197 Å². The lowest BCUT2D eigenvalue weighted by molar-refractivity contribution is -0.124. The molecule has 1 fully saturated rings. The first kappa shape index (κ1) is 23.7. The fourth-order valence-corrected chi connectivity index (χ4v) is 4.63. The molecule has 7 nitrogen and oxygen atoms in total. The number of hydrogen-bond acceptors (Lipinski definition) is 5. The van der Waals surface area contributed by atoms with Gasteiger partial charge in [-0.15, -0.1) is 0 Å². The van der Waals surface area contributed by atoms with E-state index in [1.807, 2.05) is 24.3 Å². The number of nitrogens with zero attached hydrogens (tertiary/aromatic N) is 1. The number of ether oxygens (including phenoxy) is 1. The normalized spacial score (nSPS) is 16.7. The number of fused-ring (bicyclic) bond motifs is 1. The van der Waals surface area contributed by atoms with Crippen LogP contribution in [0, 0.1) is 5.82 Å². The van der Waals surface area contributed by atoms with Crippen LogP contribution in [0.1, 0.15) is 52.9 Å². The third kappa shape index (κ3) is 5.18. The maximum Gasteiger partial charge on any atom is 0.355 e. The molecule has 0 aliphatic carbocycles. The number of halogens is 1. The minimum atomic E-state index is -0.677. The molecule has 4 rings (SSSR count). The fourth-order valence-electron chi connectivity index (χ4n) is 4.63. The molecule has 3 N–H and O–H groups in total. The van der Waals surface area contributed by atoms with E-state index >= 15 is 0 Å². The van der Waals surface area contributed by atoms with Crippen molar-refractivity contribution in [1.29, 1.82) is 0 Å². The molecule has 0 saturated carbocycles. The smallest absolute Gasteiger partial charge is 0.355 e. The SMILES string of the molecule is CCOC(=O)c1[nH]c2ccccc2c1C1CCCN(Cc2ccc(/C=C/C(=O)NO)cc2F)C1. The van der Waals surface area contributed by atoms with E-state index in [9.17, 15) is 14.0 Å². The summed E-state index contributed by atoms with van der Waals surface area (Å²) in [6.45, 7) is 4.08. The van der Waals surface area contributed by atoms with E-state index in [0.717, 1.165) is 41.9 Å². The number of benzene rings is 2. The number of para-hydroxylation sites is 1. The Morgan fingerprint density at radius 3 is 2.88 bits per heavy atom. The van der Waals surface area contributed by atoms with Crippen molar-refractivity contribution in [2.75, 3.05) is 19.7 Å². The van der Waals surface area contributed by atoms with Crippen LogP contribution in [0.4, 0.5) is 4.39 Å². The van der Waals surface area contributed by atoms with Gasteiger partial charge in [0.2, 0.25) is 0 Å². The molecule has 1 aliphatic heterocycles. The first-order valence-electron chi connectivity index (χ1n) is 11.4. The standard InChI is InChI=1S/C26H28FN3O4/c1-2-34-26(32)25-24(20-7-3-4-8-22(20)28-25)19-6-5-13-30(16-19)15-18-11-9-17(14-21(18)27)10-12-23(31)29-33/h3-4,7-12,14,19,28,33H,2,5-6,13,15-16H2,1H3,(H,29,31)/b12-10+. The first-order valence-corrected chi connectivity index (χ1v) is 11.4. The summed E-state index contributed by atoms with van der Waals surface area (Å²) >= 11 is 0. The average molecular weight is 466 g/mol. The van der Waals surface area contributed by atoms with E-state index in [1.54, 1.807) is 19.1 Å². The summed E-state index contributed by atoms with van der Waals surface area (Å²) in [6.07, 6.45) is 4.43. The molecule has 1 amide bonds. The highest BCUT2D eigenvalue weighted by Gasteiger charge is 2.29. The molecule has 1 atom stereocenters. The van der Waals surface area contributed by atoms with Crippen molar-refractivity contribution in [3.63, 3.8) is 0 Å². The van der Waals surface area contributed by atoms with Crippen molar-refractivity contribution in [2.45, 2.75) is 32.2 Å². The topological polar surface area (TPSA) is 94.7 Å². The Morgan fingerprint density at radius 1 is 1.29 bits per heavy atom. The molecule has 1 aliphatic rings. The summed E-state index contributed by atoms with van der Waals surface area (Å²) in [6, 6.07) is 12.7.